The van der Waals surface area contributed by atoms with Crippen LogP contribution in [0.25, 0.3) is 5.76 Å². The number of hydrogen-bond donors (Lipinski definition) is 1. The number of halogens is 1. The highest BCUT2D eigenvalue weighted by molar-refractivity contribution is 6.51. The summed E-state index contributed by atoms with van der Waals surface area (Å²) in [6, 6.07) is 17.6. The summed E-state index contributed by atoms with van der Waals surface area (Å²) in [6.07, 6.45) is 1.58. The lowest BCUT2D eigenvalue weighted by Crippen LogP contribution is -2.29. The monoisotopic (exact) mass is 434 g/mol. The highest BCUT2D eigenvalue weighted by Gasteiger charge is 2.47. The van der Waals surface area contributed by atoms with E-state index in [1.165, 1.54) is 4.90 Å². The molecule has 2 heterocycles. The Kier molecular flexibility index (Phi) is 5.73. The molecule has 1 amide bonds. The molecule has 1 aliphatic rings. The molecule has 0 aliphatic carbocycles. The number of ketones is 1. The van der Waals surface area contributed by atoms with Crippen LogP contribution in [0.2, 0.25) is 5.02 Å². The molecule has 1 atom stereocenters. The molecule has 156 valence electrons. The highest BCUT2D eigenvalue weighted by atomic mass is 35.5. The predicted molar refractivity (Wildman–Crippen MR) is 118 cm³/mol. The predicted octanol–water partition coefficient (Wildman–Crippen LogP) is 4.76. The van der Waals surface area contributed by atoms with Gasteiger partial charge in [0, 0.05) is 22.5 Å². The van der Waals surface area contributed by atoms with E-state index in [0.717, 1.165) is 0 Å². The number of pyridine rings is 1. The lowest BCUT2D eigenvalue weighted by molar-refractivity contribution is -0.132. The fourth-order valence-corrected chi connectivity index (χ4v) is 3.68. The van der Waals surface area contributed by atoms with Gasteiger partial charge in [-0.15, -0.1) is 0 Å². The van der Waals surface area contributed by atoms with Crippen LogP contribution >= 0.6 is 11.6 Å². The first-order valence-corrected chi connectivity index (χ1v) is 10.1. The van der Waals surface area contributed by atoms with E-state index in [1.54, 1.807) is 72.9 Å². The summed E-state index contributed by atoms with van der Waals surface area (Å²) in [7, 11) is 0. The Morgan fingerprint density at radius 3 is 2.39 bits per heavy atom. The van der Waals surface area contributed by atoms with Gasteiger partial charge in [0.25, 0.3) is 11.7 Å². The number of anilines is 1. The van der Waals surface area contributed by atoms with E-state index >= 15 is 0 Å². The minimum absolute atomic E-state index is 0.0279. The van der Waals surface area contributed by atoms with Crippen molar-refractivity contribution in [3.8, 4) is 5.75 Å². The molecule has 2 aromatic carbocycles. The van der Waals surface area contributed by atoms with E-state index in [0.29, 0.717) is 34.3 Å². The van der Waals surface area contributed by atoms with Gasteiger partial charge >= 0.3 is 0 Å². The van der Waals surface area contributed by atoms with E-state index in [9.17, 15) is 14.7 Å². The topological polar surface area (TPSA) is 79.7 Å². The number of hydrogen-bond acceptors (Lipinski definition) is 5. The normalized spacial score (nSPS) is 17.7. The SMILES string of the molecule is CCOc1ccc(N2C(=O)C(=O)/C(=C(\O)c3ccc(Cl)cc3)C2c2ccccn2)cc1. The maximum atomic E-state index is 13.1. The van der Waals surface area contributed by atoms with Crippen molar-refractivity contribution in [2.45, 2.75) is 13.0 Å². The first kappa shape index (κ1) is 20.6. The van der Waals surface area contributed by atoms with Crippen LogP contribution < -0.4 is 9.64 Å². The standard InChI is InChI=1S/C24H19ClN2O4/c1-2-31-18-12-10-17(11-13-18)27-21(19-5-3-4-14-26-19)20(23(29)24(27)30)22(28)15-6-8-16(25)9-7-15/h3-14,21,28H,2H2,1H3/b22-20-. The van der Waals surface area contributed by atoms with Crippen molar-refractivity contribution in [3.05, 3.63) is 94.8 Å². The number of amides is 1. The maximum absolute atomic E-state index is 13.1. The number of aliphatic hydroxyl groups excluding tert-OH is 1. The van der Waals surface area contributed by atoms with Crippen LogP contribution in [0, 0.1) is 0 Å². The highest BCUT2D eigenvalue weighted by Crippen LogP contribution is 2.41. The molecule has 4 rings (SSSR count). The average Bonchev–Trinajstić information content (AvgIpc) is 3.06. The number of benzene rings is 2. The summed E-state index contributed by atoms with van der Waals surface area (Å²) in [5.74, 6) is -1.15. The van der Waals surface area contributed by atoms with Gasteiger partial charge in [0.2, 0.25) is 0 Å². The van der Waals surface area contributed by atoms with Crippen molar-refractivity contribution in [3.63, 3.8) is 0 Å². The van der Waals surface area contributed by atoms with Crippen LogP contribution in [-0.2, 0) is 9.59 Å². The number of rotatable bonds is 5. The van der Waals surface area contributed by atoms with Crippen LogP contribution in [0.5, 0.6) is 5.75 Å². The number of carbonyl (C=O) groups excluding carboxylic acids is 2. The molecule has 7 heteroatoms. The lowest BCUT2D eigenvalue weighted by atomic mass is 9.98. The minimum Gasteiger partial charge on any atom is -0.507 e. The third-order valence-corrected chi connectivity index (χ3v) is 5.21. The van der Waals surface area contributed by atoms with Crippen LogP contribution in [0.15, 0.2) is 78.5 Å². The molecule has 1 aliphatic heterocycles. The number of carbonyl (C=O) groups is 2. The van der Waals surface area contributed by atoms with E-state index < -0.39 is 17.7 Å². The van der Waals surface area contributed by atoms with Gasteiger partial charge in [-0.2, -0.15) is 0 Å². The van der Waals surface area contributed by atoms with Crippen molar-refractivity contribution in [2.24, 2.45) is 0 Å². The minimum atomic E-state index is -0.880. The molecule has 3 aromatic rings. The van der Waals surface area contributed by atoms with E-state index in [1.807, 2.05) is 6.92 Å². The summed E-state index contributed by atoms with van der Waals surface area (Å²) >= 11 is 5.94. The summed E-state index contributed by atoms with van der Waals surface area (Å²) in [5, 5.41) is 11.5. The van der Waals surface area contributed by atoms with Gasteiger partial charge in [0.05, 0.1) is 17.9 Å². The Bertz CT molecular complexity index is 1140. The van der Waals surface area contributed by atoms with Crippen LogP contribution in [0.1, 0.15) is 24.2 Å². The number of Topliss-reactive ketones (excluding diaryl/α,β-unsaturated/α-hetero) is 1. The summed E-state index contributed by atoms with van der Waals surface area (Å²) in [6.45, 7) is 2.39. The van der Waals surface area contributed by atoms with Crippen LogP contribution in [0.4, 0.5) is 5.69 Å². The molecule has 0 bridgehead atoms. The van der Waals surface area contributed by atoms with Gasteiger partial charge < -0.3 is 9.84 Å². The molecular formula is C24H19ClN2O4. The largest absolute Gasteiger partial charge is 0.507 e. The first-order chi connectivity index (χ1) is 15.0. The summed E-state index contributed by atoms with van der Waals surface area (Å²) < 4.78 is 5.47. The molecule has 31 heavy (non-hydrogen) atoms. The second-order valence-corrected chi connectivity index (χ2v) is 7.29. The van der Waals surface area contributed by atoms with E-state index in [2.05, 4.69) is 4.98 Å². The van der Waals surface area contributed by atoms with Crippen molar-refractivity contribution in [1.29, 1.82) is 0 Å². The molecule has 0 spiro atoms. The quantitative estimate of drug-likeness (QED) is 0.356. The molecule has 0 radical (unpaired) electrons. The second kappa shape index (κ2) is 8.62. The number of aliphatic hydroxyl groups is 1. The fraction of sp³-hybridized carbons (Fsp3) is 0.125. The molecule has 0 saturated carbocycles. The number of nitrogens with zero attached hydrogens (tertiary/aromatic N) is 2. The van der Waals surface area contributed by atoms with Crippen LogP contribution in [0.3, 0.4) is 0 Å². The van der Waals surface area contributed by atoms with Crippen molar-refractivity contribution in [2.75, 3.05) is 11.5 Å². The first-order valence-electron chi connectivity index (χ1n) is 9.72. The number of aromatic nitrogens is 1. The van der Waals surface area contributed by atoms with Crippen LogP contribution in [-0.4, -0.2) is 28.4 Å². The Hall–Kier alpha value is -3.64. The molecule has 1 fully saturated rings. The molecule has 1 aromatic heterocycles. The van der Waals surface area contributed by atoms with Gasteiger partial charge in [0.15, 0.2) is 0 Å². The molecule has 1 unspecified atom stereocenters. The Balaban J connectivity index is 1.87. The molecule has 1 N–H and O–H groups in total. The molecule has 6 nitrogen and oxygen atoms in total. The molecule has 1 saturated heterocycles. The Labute approximate surface area is 184 Å². The zero-order chi connectivity index (χ0) is 22.0. The van der Waals surface area contributed by atoms with E-state index in [4.69, 9.17) is 16.3 Å². The average molecular weight is 435 g/mol. The smallest absolute Gasteiger partial charge is 0.300 e. The third kappa shape index (κ3) is 3.90. The van der Waals surface area contributed by atoms with E-state index in [-0.39, 0.29) is 11.3 Å². The second-order valence-electron chi connectivity index (χ2n) is 6.86. The van der Waals surface area contributed by atoms with Gasteiger partial charge in [-0.05, 0) is 67.6 Å². The summed E-state index contributed by atoms with van der Waals surface area (Å²) in [5.41, 5.74) is 1.32. The van der Waals surface area contributed by atoms with Crippen molar-refractivity contribution < 1.29 is 19.4 Å². The Morgan fingerprint density at radius 1 is 1.06 bits per heavy atom. The van der Waals surface area contributed by atoms with Gasteiger partial charge in [-0.3, -0.25) is 19.5 Å². The van der Waals surface area contributed by atoms with Crippen molar-refractivity contribution in [1.82, 2.24) is 4.98 Å². The Morgan fingerprint density at radius 2 is 1.77 bits per heavy atom. The zero-order valence-electron chi connectivity index (χ0n) is 16.7. The zero-order valence-corrected chi connectivity index (χ0v) is 17.4. The van der Waals surface area contributed by atoms with Crippen molar-refractivity contribution >= 4 is 34.7 Å². The van der Waals surface area contributed by atoms with Gasteiger partial charge in [0.1, 0.15) is 17.6 Å². The molecular weight excluding hydrogens is 416 g/mol. The number of ether oxygens (including phenoxy) is 1. The maximum Gasteiger partial charge on any atom is 0.300 e. The fourth-order valence-electron chi connectivity index (χ4n) is 3.55. The lowest BCUT2D eigenvalue weighted by Gasteiger charge is -2.24. The summed E-state index contributed by atoms with van der Waals surface area (Å²) in [4.78, 5) is 31.8. The third-order valence-electron chi connectivity index (χ3n) is 4.96. The van der Waals surface area contributed by atoms with Gasteiger partial charge in [-0.25, -0.2) is 0 Å². The van der Waals surface area contributed by atoms with Gasteiger partial charge in [-0.1, -0.05) is 17.7 Å².